The number of hydrogen-bond acceptors (Lipinski definition) is 3. The summed E-state index contributed by atoms with van der Waals surface area (Å²) in [7, 11) is 1.83. The van der Waals surface area contributed by atoms with Crippen LogP contribution in [0, 0.1) is 0 Å². The summed E-state index contributed by atoms with van der Waals surface area (Å²) in [5.74, 6) is 0. The number of hydrogen-bond donors (Lipinski definition) is 2. The lowest BCUT2D eigenvalue weighted by atomic mass is 10.1. The second-order valence-electron chi connectivity index (χ2n) is 3.05. The second-order valence-corrected chi connectivity index (χ2v) is 3.46. The summed E-state index contributed by atoms with van der Waals surface area (Å²) in [5.41, 5.74) is 1.55. The molecule has 1 aromatic carbocycles. The number of aliphatic hydroxyl groups is 2. The van der Waals surface area contributed by atoms with Crippen LogP contribution in [-0.2, 0) is 6.61 Å². The number of para-hydroxylation sites is 1. The molecule has 1 aromatic rings. The highest BCUT2D eigenvalue weighted by molar-refractivity contribution is 6.33. The van der Waals surface area contributed by atoms with E-state index in [0.29, 0.717) is 11.6 Å². The average molecular weight is 216 g/mol. The smallest absolute Gasteiger partial charge is 0.0702 e. The fourth-order valence-corrected chi connectivity index (χ4v) is 1.72. The molecule has 0 aliphatic heterocycles. The van der Waals surface area contributed by atoms with Crippen LogP contribution in [0.2, 0.25) is 5.02 Å². The molecule has 0 aliphatic carbocycles. The minimum Gasteiger partial charge on any atom is -0.395 e. The van der Waals surface area contributed by atoms with Gasteiger partial charge in [-0.2, -0.15) is 0 Å². The first-order chi connectivity index (χ1) is 6.70. The maximum Gasteiger partial charge on any atom is 0.0702 e. The normalized spacial score (nSPS) is 10.3. The number of likely N-dealkylation sites (N-methyl/N-ethyl adjacent to an activating group) is 1. The van der Waals surface area contributed by atoms with Gasteiger partial charge in [0.25, 0.3) is 0 Å². The van der Waals surface area contributed by atoms with Crippen LogP contribution in [0.4, 0.5) is 5.69 Å². The Morgan fingerprint density at radius 1 is 1.36 bits per heavy atom. The lowest BCUT2D eigenvalue weighted by Crippen LogP contribution is -2.22. The van der Waals surface area contributed by atoms with Crippen LogP contribution in [-0.4, -0.2) is 30.4 Å². The van der Waals surface area contributed by atoms with Crippen LogP contribution in [0.15, 0.2) is 18.2 Å². The van der Waals surface area contributed by atoms with Crippen LogP contribution in [0.5, 0.6) is 0 Å². The van der Waals surface area contributed by atoms with Crippen molar-refractivity contribution >= 4 is 17.3 Å². The van der Waals surface area contributed by atoms with Crippen molar-refractivity contribution in [1.82, 2.24) is 0 Å². The first-order valence-corrected chi connectivity index (χ1v) is 4.78. The molecule has 0 atom stereocenters. The highest BCUT2D eigenvalue weighted by atomic mass is 35.5. The number of nitrogens with zero attached hydrogens (tertiary/aromatic N) is 1. The predicted molar refractivity (Wildman–Crippen MR) is 57.7 cm³/mol. The zero-order chi connectivity index (χ0) is 10.6. The first-order valence-electron chi connectivity index (χ1n) is 4.41. The Bertz CT molecular complexity index is 304. The van der Waals surface area contributed by atoms with Crippen LogP contribution in [0.3, 0.4) is 0 Å². The molecular formula is C10H14ClNO2. The average Bonchev–Trinajstić information content (AvgIpc) is 2.17. The van der Waals surface area contributed by atoms with Gasteiger partial charge in [0.15, 0.2) is 0 Å². The zero-order valence-electron chi connectivity index (χ0n) is 8.07. The van der Waals surface area contributed by atoms with Gasteiger partial charge in [0.2, 0.25) is 0 Å². The minimum absolute atomic E-state index is 0.0499. The third kappa shape index (κ3) is 2.38. The summed E-state index contributed by atoms with van der Waals surface area (Å²) in [6.07, 6.45) is 0. The molecule has 4 heteroatoms. The van der Waals surface area contributed by atoms with Gasteiger partial charge in [-0.15, -0.1) is 0 Å². The lowest BCUT2D eigenvalue weighted by molar-refractivity contribution is 0.281. The SMILES string of the molecule is CN(CCO)c1c(Cl)cccc1CO. The van der Waals surface area contributed by atoms with Crippen molar-refractivity contribution in [2.24, 2.45) is 0 Å². The van der Waals surface area contributed by atoms with E-state index < -0.39 is 0 Å². The van der Waals surface area contributed by atoms with Crippen molar-refractivity contribution in [3.63, 3.8) is 0 Å². The molecule has 14 heavy (non-hydrogen) atoms. The van der Waals surface area contributed by atoms with E-state index >= 15 is 0 Å². The van der Waals surface area contributed by atoms with E-state index in [2.05, 4.69) is 0 Å². The third-order valence-electron chi connectivity index (χ3n) is 2.06. The number of aliphatic hydroxyl groups excluding tert-OH is 2. The molecule has 0 bridgehead atoms. The molecule has 0 aliphatic rings. The minimum atomic E-state index is -0.0499. The molecule has 0 fully saturated rings. The molecule has 78 valence electrons. The quantitative estimate of drug-likeness (QED) is 0.795. The standard InChI is InChI=1S/C10H14ClNO2/c1-12(5-6-13)10-8(7-14)3-2-4-9(10)11/h2-4,13-14H,5-7H2,1H3. The lowest BCUT2D eigenvalue weighted by Gasteiger charge is -2.22. The number of anilines is 1. The number of benzene rings is 1. The molecule has 0 amide bonds. The van der Waals surface area contributed by atoms with Gasteiger partial charge in [0.1, 0.15) is 0 Å². The summed E-state index contributed by atoms with van der Waals surface area (Å²) in [6.45, 7) is 0.509. The van der Waals surface area contributed by atoms with Gasteiger partial charge in [-0.05, 0) is 6.07 Å². The van der Waals surface area contributed by atoms with E-state index in [-0.39, 0.29) is 13.2 Å². The van der Waals surface area contributed by atoms with E-state index in [1.54, 1.807) is 12.1 Å². The molecule has 0 aromatic heterocycles. The van der Waals surface area contributed by atoms with E-state index in [1.807, 2.05) is 18.0 Å². The highest BCUT2D eigenvalue weighted by Crippen LogP contribution is 2.28. The molecule has 0 spiro atoms. The molecule has 0 unspecified atom stereocenters. The zero-order valence-corrected chi connectivity index (χ0v) is 8.83. The van der Waals surface area contributed by atoms with E-state index in [0.717, 1.165) is 11.3 Å². The van der Waals surface area contributed by atoms with Crippen molar-refractivity contribution in [2.45, 2.75) is 6.61 Å². The van der Waals surface area contributed by atoms with E-state index in [9.17, 15) is 0 Å². The molecule has 2 N–H and O–H groups in total. The summed E-state index contributed by atoms with van der Waals surface area (Å²) < 4.78 is 0. The number of rotatable bonds is 4. The topological polar surface area (TPSA) is 43.7 Å². The van der Waals surface area contributed by atoms with Crippen molar-refractivity contribution in [3.05, 3.63) is 28.8 Å². The van der Waals surface area contributed by atoms with Crippen LogP contribution < -0.4 is 4.90 Å². The summed E-state index contributed by atoms with van der Waals surface area (Å²) in [4.78, 5) is 1.83. The Morgan fingerprint density at radius 2 is 2.07 bits per heavy atom. The largest absolute Gasteiger partial charge is 0.395 e. The van der Waals surface area contributed by atoms with Crippen LogP contribution in [0.1, 0.15) is 5.56 Å². The summed E-state index contributed by atoms with van der Waals surface area (Å²) in [6, 6.07) is 5.38. The van der Waals surface area contributed by atoms with Gasteiger partial charge in [0.05, 0.1) is 23.9 Å². The van der Waals surface area contributed by atoms with Crippen molar-refractivity contribution < 1.29 is 10.2 Å². The molecular weight excluding hydrogens is 202 g/mol. The molecule has 1 rings (SSSR count). The fourth-order valence-electron chi connectivity index (χ4n) is 1.38. The predicted octanol–water partition coefficient (Wildman–Crippen LogP) is 1.26. The molecule has 0 saturated heterocycles. The first kappa shape index (κ1) is 11.3. The summed E-state index contributed by atoms with van der Waals surface area (Å²) >= 11 is 6.00. The maximum absolute atomic E-state index is 9.11. The van der Waals surface area contributed by atoms with Gasteiger partial charge < -0.3 is 15.1 Å². The number of halogens is 1. The highest BCUT2D eigenvalue weighted by Gasteiger charge is 2.10. The van der Waals surface area contributed by atoms with Gasteiger partial charge in [-0.3, -0.25) is 0 Å². The molecule has 0 heterocycles. The maximum atomic E-state index is 9.11. The van der Waals surface area contributed by atoms with Gasteiger partial charge in [-0.1, -0.05) is 23.7 Å². The van der Waals surface area contributed by atoms with Gasteiger partial charge >= 0.3 is 0 Å². The van der Waals surface area contributed by atoms with Gasteiger partial charge in [0, 0.05) is 19.2 Å². The van der Waals surface area contributed by atoms with Crippen molar-refractivity contribution in [3.8, 4) is 0 Å². The van der Waals surface area contributed by atoms with Crippen molar-refractivity contribution in [1.29, 1.82) is 0 Å². The van der Waals surface area contributed by atoms with Crippen LogP contribution >= 0.6 is 11.6 Å². The fraction of sp³-hybridized carbons (Fsp3) is 0.400. The molecule has 0 saturated carbocycles. The van der Waals surface area contributed by atoms with Gasteiger partial charge in [-0.25, -0.2) is 0 Å². The van der Waals surface area contributed by atoms with Crippen molar-refractivity contribution in [2.75, 3.05) is 25.1 Å². The third-order valence-corrected chi connectivity index (χ3v) is 2.36. The molecule has 3 nitrogen and oxygen atoms in total. The Hall–Kier alpha value is -0.770. The Morgan fingerprint density at radius 3 is 2.64 bits per heavy atom. The summed E-state index contributed by atoms with van der Waals surface area (Å²) in [5, 5.41) is 18.5. The second kappa shape index (κ2) is 5.20. The van der Waals surface area contributed by atoms with E-state index in [1.165, 1.54) is 0 Å². The molecule has 0 radical (unpaired) electrons. The Kier molecular flexibility index (Phi) is 4.20. The Labute approximate surface area is 88.5 Å². The Balaban J connectivity index is 3.03. The monoisotopic (exact) mass is 215 g/mol. The van der Waals surface area contributed by atoms with Crippen LogP contribution in [0.25, 0.3) is 0 Å². The van der Waals surface area contributed by atoms with E-state index in [4.69, 9.17) is 21.8 Å².